The summed E-state index contributed by atoms with van der Waals surface area (Å²) in [5, 5.41) is 12.4. The zero-order chi connectivity index (χ0) is 36.7. The van der Waals surface area contributed by atoms with Crippen LogP contribution in [0.1, 0.15) is 0 Å². The minimum atomic E-state index is 0.605. The Balaban J connectivity index is 0.973. The van der Waals surface area contributed by atoms with Gasteiger partial charge in [0, 0.05) is 47.6 Å². The fourth-order valence-corrected chi connectivity index (χ4v) is 9.52. The molecule has 0 aliphatic rings. The third-order valence-corrected chi connectivity index (χ3v) is 12.2. The van der Waals surface area contributed by atoms with Crippen molar-refractivity contribution in [2.24, 2.45) is 0 Å². The Bertz CT molecular complexity index is 3510. The molecule has 3 heterocycles. The number of thiophene rings is 1. The van der Waals surface area contributed by atoms with E-state index in [9.17, 15) is 0 Å². The summed E-state index contributed by atoms with van der Waals surface area (Å²) < 4.78 is 8.68. The van der Waals surface area contributed by atoms with Gasteiger partial charge >= 0.3 is 0 Å². The fraction of sp³-hybridized carbons (Fsp3) is 0. The molecule has 260 valence electrons. The minimum Gasteiger partial charge on any atom is -0.456 e. The molecule has 0 bridgehead atoms. The van der Waals surface area contributed by atoms with Crippen molar-refractivity contribution in [2.75, 3.05) is 0 Å². The normalized spacial score (nSPS) is 11.9. The third kappa shape index (κ3) is 4.88. The molecule has 0 atom stereocenters. The quantitative estimate of drug-likeness (QED) is 0.169. The summed E-state index contributed by atoms with van der Waals surface area (Å²) >= 11 is 1.80. The summed E-state index contributed by atoms with van der Waals surface area (Å²) in [5.41, 5.74) is 6.85. The maximum absolute atomic E-state index is 6.24. The first-order valence-corrected chi connectivity index (χ1v) is 19.6. The molecule has 9 aromatic carbocycles. The number of para-hydroxylation sites is 1. The van der Waals surface area contributed by atoms with Gasteiger partial charge in [-0.3, -0.25) is 0 Å². The second kappa shape index (κ2) is 12.2. The summed E-state index contributed by atoms with van der Waals surface area (Å²) in [4.78, 5) is 15.1. The number of fused-ring (bicyclic) bond motifs is 12. The smallest absolute Gasteiger partial charge is 0.164 e. The van der Waals surface area contributed by atoms with E-state index in [1.165, 1.54) is 63.6 Å². The van der Waals surface area contributed by atoms with E-state index in [1.54, 1.807) is 11.3 Å². The van der Waals surface area contributed by atoms with Crippen LogP contribution in [0, 0.1) is 0 Å². The van der Waals surface area contributed by atoms with Crippen LogP contribution in [-0.2, 0) is 0 Å². The number of benzene rings is 9. The first kappa shape index (κ1) is 31.2. The maximum atomic E-state index is 6.24. The zero-order valence-electron chi connectivity index (χ0n) is 29.9. The number of furan rings is 1. The molecule has 0 aliphatic carbocycles. The Kier molecular flexibility index (Phi) is 6.76. The van der Waals surface area contributed by atoms with Crippen molar-refractivity contribution >= 4 is 85.8 Å². The van der Waals surface area contributed by atoms with Gasteiger partial charge in [-0.1, -0.05) is 133 Å². The second-order valence-corrected chi connectivity index (χ2v) is 15.4. The van der Waals surface area contributed by atoms with Gasteiger partial charge < -0.3 is 4.42 Å². The highest BCUT2D eigenvalue weighted by atomic mass is 32.1. The molecule has 0 fully saturated rings. The molecule has 0 spiro atoms. The molecule has 5 heteroatoms. The van der Waals surface area contributed by atoms with Crippen LogP contribution in [-0.4, -0.2) is 15.0 Å². The van der Waals surface area contributed by atoms with Gasteiger partial charge in [-0.2, -0.15) is 0 Å². The van der Waals surface area contributed by atoms with Gasteiger partial charge in [-0.15, -0.1) is 11.3 Å². The van der Waals surface area contributed by atoms with Crippen molar-refractivity contribution in [3.8, 4) is 45.3 Å². The van der Waals surface area contributed by atoms with Crippen LogP contribution in [0.2, 0.25) is 0 Å². The van der Waals surface area contributed by atoms with Gasteiger partial charge in [0.15, 0.2) is 17.5 Å². The van der Waals surface area contributed by atoms with E-state index in [2.05, 4.69) is 121 Å². The summed E-state index contributed by atoms with van der Waals surface area (Å²) in [6, 6.07) is 62.3. The minimum absolute atomic E-state index is 0.605. The topological polar surface area (TPSA) is 51.8 Å². The highest BCUT2D eigenvalue weighted by Gasteiger charge is 2.17. The number of hydrogen-bond donors (Lipinski definition) is 0. The van der Waals surface area contributed by atoms with Crippen molar-refractivity contribution < 1.29 is 4.42 Å². The van der Waals surface area contributed by atoms with Crippen LogP contribution in [0.15, 0.2) is 180 Å². The van der Waals surface area contributed by atoms with Crippen molar-refractivity contribution in [1.29, 1.82) is 0 Å². The average Bonchev–Trinajstić information content (AvgIpc) is 3.83. The number of rotatable bonds is 4. The van der Waals surface area contributed by atoms with Gasteiger partial charge in [-0.25, -0.2) is 15.0 Å². The van der Waals surface area contributed by atoms with E-state index in [1.807, 2.05) is 54.6 Å². The van der Waals surface area contributed by atoms with Gasteiger partial charge in [0.1, 0.15) is 11.2 Å². The molecule has 56 heavy (non-hydrogen) atoms. The molecule has 0 aliphatic heterocycles. The Morgan fingerprint density at radius 1 is 0.286 bits per heavy atom. The van der Waals surface area contributed by atoms with Crippen molar-refractivity contribution in [3.05, 3.63) is 176 Å². The molecule has 0 N–H and O–H groups in total. The summed E-state index contributed by atoms with van der Waals surface area (Å²) in [5.74, 6) is 1.87. The Morgan fingerprint density at radius 2 is 0.768 bits per heavy atom. The Hall–Kier alpha value is -7.21. The van der Waals surface area contributed by atoms with Crippen LogP contribution >= 0.6 is 11.3 Å². The predicted molar refractivity (Wildman–Crippen MR) is 234 cm³/mol. The maximum Gasteiger partial charge on any atom is 0.164 e. The lowest BCUT2D eigenvalue weighted by atomic mass is 9.92. The monoisotopic (exact) mass is 731 g/mol. The summed E-state index contributed by atoms with van der Waals surface area (Å²) in [7, 11) is 0. The SMILES string of the molecule is c1ccc(-c2nc(-c3ccc4c(c3)oc3ccccc34)nc(-c3ccc4c(c3)sc3ccc(-c5ccc6c7ccccc7c7ccccc7c6c5)cc34)n2)cc1. The van der Waals surface area contributed by atoms with Crippen LogP contribution in [0.4, 0.5) is 0 Å². The fourth-order valence-electron chi connectivity index (χ4n) is 8.40. The van der Waals surface area contributed by atoms with E-state index in [-0.39, 0.29) is 0 Å². The van der Waals surface area contributed by atoms with E-state index in [0.29, 0.717) is 17.5 Å². The third-order valence-electron chi connectivity index (χ3n) is 11.1. The number of aromatic nitrogens is 3. The molecule has 12 aromatic rings. The predicted octanol–water partition coefficient (Wildman–Crippen LogP) is 14.3. The Labute approximate surface area is 325 Å². The van der Waals surface area contributed by atoms with Gasteiger partial charge in [0.2, 0.25) is 0 Å². The highest BCUT2D eigenvalue weighted by Crippen LogP contribution is 2.41. The van der Waals surface area contributed by atoms with E-state index in [4.69, 9.17) is 19.4 Å². The van der Waals surface area contributed by atoms with Crippen molar-refractivity contribution in [1.82, 2.24) is 15.0 Å². The summed E-state index contributed by atoms with van der Waals surface area (Å²) in [6.45, 7) is 0. The van der Waals surface area contributed by atoms with Gasteiger partial charge in [-0.05, 0) is 85.9 Å². The van der Waals surface area contributed by atoms with E-state index in [0.717, 1.165) is 38.6 Å². The van der Waals surface area contributed by atoms with Crippen LogP contribution in [0.5, 0.6) is 0 Å². The second-order valence-electron chi connectivity index (χ2n) is 14.4. The van der Waals surface area contributed by atoms with E-state index >= 15 is 0 Å². The van der Waals surface area contributed by atoms with Crippen molar-refractivity contribution in [2.45, 2.75) is 0 Å². The molecule has 4 nitrogen and oxygen atoms in total. The Morgan fingerprint density at radius 3 is 1.48 bits per heavy atom. The molecule has 0 saturated carbocycles. The average molecular weight is 732 g/mol. The van der Waals surface area contributed by atoms with E-state index < -0.39 is 0 Å². The first-order valence-electron chi connectivity index (χ1n) is 18.8. The molecule has 0 radical (unpaired) electrons. The lowest BCUT2D eigenvalue weighted by molar-refractivity contribution is 0.669. The zero-order valence-corrected chi connectivity index (χ0v) is 30.7. The molecule has 0 unspecified atom stereocenters. The highest BCUT2D eigenvalue weighted by molar-refractivity contribution is 7.25. The number of nitrogens with zero attached hydrogens (tertiary/aromatic N) is 3. The molecule has 12 rings (SSSR count). The number of hydrogen-bond acceptors (Lipinski definition) is 5. The van der Waals surface area contributed by atoms with Gasteiger partial charge in [0.05, 0.1) is 0 Å². The molecule has 3 aromatic heterocycles. The first-order chi connectivity index (χ1) is 27.7. The lowest BCUT2D eigenvalue weighted by Gasteiger charge is -2.12. The molecule has 0 saturated heterocycles. The van der Waals surface area contributed by atoms with Crippen molar-refractivity contribution in [3.63, 3.8) is 0 Å². The summed E-state index contributed by atoms with van der Waals surface area (Å²) in [6.07, 6.45) is 0. The standard InChI is InChI=1S/C51H29N3OS/c1-2-10-30(11-3-1)49-52-50(33-19-23-41-40-16-8-9-17-45(40)55-46(41)28-33)54-51(53-49)34-20-24-42-44-27-32(21-25-47(44)56-48(42)29-34)31-18-22-39-37-14-5-4-12-35(37)36-13-6-7-15-38(36)43(39)26-31/h1-29H. The molecule has 0 amide bonds. The van der Waals surface area contributed by atoms with Gasteiger partial charge in [0.25, 0.3) is 0 Å². The van der Waals surface area contributed by atoms with Crippen LogP contribution < -0.4 is 0 Å². The molecular formula is C51H29N3OS. The largest absolute Gasteiger partial charge is 0.456 e. The van der Waals surface area contributed by atoms with Crippen LogP contribution in [0.3, 0.4) is 0 Å². The lowest BCUT2D eigenvalue weighted by Crippen LogP contribution is -2.00. The van der Waals surface area contributed by atoms with Crippen LogP contribution in [0.25, 0.3) is 120 Å². The molecular weight excluding hydrogens is 703 g/mol.